The Morgan fingerprint density at radius 1 is 1.36 bits per heavy atom. The number of aryl methyl sites for hydroxylation is 1. The monoisotopic (exact) mass is 386 g/mol. The van der Waals surface area contributed by atoms with Crippen LogP contribution >= 0.6 is 0 Å². The highest BCUT2D eigenvalue weighted by Gasteiger charge is 2.22. The third kappa shape index (κ3) is 5.69. The number of ether oxygens (including phenoxy) is 2. The zero-order chi connectivity index (χ0) is 19.8. The molecule has 0 aliphatic carbocycles. The lowest BCUT2D eigenvalue weighted by Crippen LogP contribution is -2.47. The molecule has 152 valence electrons. The Morgan fingerprint density at radius 3 is 2.93 bits per heavy atom. The van der Waals surface area contributed by atoms with Gasteiger partial charge in [0.25, 0.3) is 0 Å². The lowest BCUT2D eigenvalue weighted by Gasteiger charge is -2.25. The van der Waals surface area contributed by atoms with Crippen molar-refractivity contribution in [3.63, 3.8) is 0 Å². The number of nitrogens with one attached hydrogen (secondary N) is 2. The quantitative estimate of drug-likeness (QED) is 0.531. The average molecular weight is 387 g/mol. The summed E-state index contributed by atoms with van der Waals surface area (Å²) in [5.41, 5.74) is 0. The van der Waals surface area contributed by atoms with E-state index in [0.717, 1.165) is 49.3 Å². The highest BCUT2D eigenvalue weighted by atomic mass is 16.5. The number of guanidine groups is 1. The van der Waals surface area contributed by atoms with Crippen LogP contribution in [-0.4, -0.2) is 53.1 Å². The molecule has 0 bridgehead atoms. The second kappa shape index (κ2) is 10.1. The molecule has 0 saturated heterocycles. The Bertz CT molecular complexity index is 761. The van der Waals surface area contributed by atoms with Crippen LogP contribution in [0.15, 0.2) is 35.3 Å². The van der Waals surface area contributed by atoms with E-state index in [1.807, 2.05) is 41.9 Å². The first-order chi connectivity index (χ1) is 13.7. The number of aromatic nitrogens is 3. The average Bonchev–Trinajstić information content (AvgIpc) is 3.09. The molecule has 0 radical (unpaired) electrons. The number of nitrogens with zero attached hydrogens (tertiary/aromatic N) is 4. The minimum Gasteiger partial charge on any atom is -0.489 e. The van der Waals surface area contributed by atoms with Crippen molar-refractivity contribution >= 4 is 5.96 Å². The molecule has 3 rings (SSSR count). The maximum absolute atomic E-state index is 5.91. The first-order valence-electron chi connectivity index (χ1n) is 9.86. The van der Waals surface area contributed by atoms with Crippen molar-refractivity contribution in [2.75, 3.05) is 20.2 Å². The number of rotatable bonds is 8. The fraction of sp³-hybridized carbons (Fsp3) is 0.550. The molecular weight excluding hydrogens is 356 g/mol. The third-order valence-corrected chi connectivity index (χ3v) is 4.45. The van der Waals surface area contributed by atoms with E-state index in [1.54, 1.807) is 7.11 Å². The van der Waals surface area contributed by atoms with Crippen LogP contribution < -0.4 is 15.4 Å². The number of methoxy groups -OCH3 is 1. The summed E-state index contributed by atoms with van der Waals surface area (Å²) in [6, 6.07) is 10.1. The van der Waals surface area contributed by atoms with E-state index >= 15 is 0 Å². The van der Waals surface area contributed by atoms with Gasteiger partial charge in [0.15, 0.2) is 11.8 Å². The van der Waals surface area contributed by atoms with E-state index in [2.05, 4.69) is 27.6 Å². The second-order valence-electron chi connectivity index (χ2n) is 6.90. The van der Waals surface area contributed by atoms with Gasteiger partial charge in [-0.3, -0.25) is 0 Å². The summed E-state index contributed by atoms with van der Waals surface area (Å²) in [5, 5.41) is 11.4. The molecule has 2 heterocycles. The van der Waals surface area contributed by atoms with Crippen molar-refractivity contribution in [1.82, 2.24) is 25.4 Å². The van der Waals surface area contributed by atoms with Crippen molar-refractivity contribution in [3.8, 4) is 5.75 Å². The van der Waals surface area contributed by atoms with E-state index < -0.39 is 0 Å². The van der Waals surface area contributed by atoms with Gasteiger partial charge in [0, 0.05) is 26.1 Å². The molecule has 1 aliphatic rings. The zero-order valence-electron chi connectivity index (χ0n) is 16.9. The molecular formula is C20H30N6O2. The van der Waals surface area contributed by atoms with E-state index in [0.29, 0.717) is 13.2 Å². The lowest BCUT2D eigenvalue weighted by molar-refractivity contribution is 0.177. The van der Waals surface area contributed by atoms with Gasteiger partial charge in [-0.15, -0.1) is 0 Å². The van der Waals surface area contributed by atoms with Crippen molar-refractivity contribution in [1.29, 1.82) is 0 Å². The molecule has 0 fully saturated rings. The van der Waals surface area contributed by atoms with Crippen molar-refractivity contribution < 1.29 is 9.47 Å². The van der Waals surface area contributed by atoms with Gasteiger partial charge in [-0.05, 0) is 32.4 Å². The topological polar surface area (TPSA) is 85.6 Å². The highest BCUT2D eigenvalue weighted by Crippen LogP contribution is 2.14. The van der Waals surface area contributed by atoms with Gasteiger partial charge in [0.1, 0.15) is 24.3 Å². The van der Waals surface area contributed by atoms with Crippen LogP contribution in [0.3, 0.4) is 0 Å². The Morgan fingerprint density at radius 2 is 2.18 bits per heavy atom. The summed E-state index contributed by atoms with van der Waals surface area (Å²) in [6.45, 7) is 6.69. The van der Waals surface area contributed by atoms with Gasteiger partial charge in [-0.25, -0.2) is 14.7 Å². The summed E-state index contributed by atoms with van der Waals surface area (Å²) in [6.07, 6.45) is 1.87. The third-order valence-electron chi connectivity index (χ3n) is 4.45. The molecule has 8 nitrogen and oxygen atoms in total. The maximum Gasteiger partial charge on any atom is 0.191 e. The Hall–Kier alpha value is -2.61. The van der Waals surface area contributed by atoms with Crippen LogP contribution in [0, 0.1) is 0 Å². The molecule has 1 aromatic carbocycles. The maximum atomic E-state index is 5.91. The van der Waals surface area contributed by atoms with Crippen LogP contribution in [0.5, 0.6) is 5.75 Å². The smallest absolute Gasteiger partial charge is 0.191 e. The highest BCUT2D eigenvalue weighted by molar-refractivity contribution is 5.80. The first kappa shape index (κ1) is 20.1. The normalized spacial score (nSPS) is 17.7. The molecule has 1 aromatic heterocycles. The van der Waals surface area contributed by atoms with Crippen LogP contribution in [0.1, 0.15) is 31.9 Å². The van der Waals surface area contributed by atoms with Crippen LogP contribution in [0.4, 0.5) is 0 Å². The summed E-state index contributed by atoms with van der Waals surface area (Å²) < 4.78 is 13.0. The van der Waals surface area contributed by atoms with Gasteiger partial charge >= 0.3 is 0 Å². The summed E-state index contributed by atoms with van der Waals surface area (Å²) in [5.74, 6) is 3.43. The number of hydrogen-bond donors (Lipinski definition) is 2. The Labute approximate surface area is 166 Å². The molecule has 8 heteroatoms. The number of para-hydroxylation sites is 1. The van der Waals surface area contributed by atoms with Crippen molar-refractivity contribution in [2.45, 2.75) is 52.0 Å². The van der Waals surface area contributed by atoms with E-state index in [1.165, 1.54) is 0 Å². The van der Waals surface area contributed by atoms with Crippen LogP contribution in [-0.2, 0) is 24.3 Å². The molecule has 2 N–H and O–H groups in total. The second-order valence-corrected chi connectivity index (χ2v) is 6.90. The number of hydrogen-bond acceptors (Lipinski definition) is 5. The SMILES string of the molecule is CCNC(=NCC(C)Oc1ccccc1)NC1CCc2nc(COC)nn2C1. The van der Waals surface area contributed by atoms with Crippen LogP contribution in [0.25, 0.3) is 0 Å². The van der Waals surface area contributed by atoms with E-state index in [9.17, 15) is 0 Å². The lowest BCUT2D eigenvalue weighted by atomic mass is 10.1. The van der Waals surface area contributed by atoms with Crippen LogP contribution in [0.2, 0.25) is 0 Å². The predicted octanol–water partition coefficient (Wildman–Crippen LogP) is 1.76. The summed E-state index contributed by atoms with van der Waals surface area (Å²) in [4.78, 5) is 9.22. The minimum absolute atomic E-state index is 0.0114. The van der Waals surface area contributed by atoms with Gasteiger partial charge < -0.3 is 20.1 Å². The molecule has 0 spiro atoms. The molecule has 0 amide bonds. The molecule has 1 aliphatic heterocycles. The van der Waals surface area contributed by atoms with Gasteiger partial charge in [-0.1, -0.05) is 18.2 Å². The number of fused-ring (bicyclic) bond motifs is 1. The molecule has 2 aromatic rings. The molecule has 28 heavy (non-hydrogen) atoms. The molecule has 2 unspecified atom stereocenters. The first-order valence-corrected chi connectivity index (χ1v) is 9.86. The van der Waals surface area contributed by atoms with Crippen molar-refractivity contribution in [2.24, 2.45) is 4.99 Å². The van der Waals surface area contributed by atoms with E-state index in [4.69, 9.17) is 14.5 Å². The standard InChI is InChI=1S/C20H30N6O2/c1-4-21-20(22-12-15(2)28-17-8-6-5-7-9-17)23-16-10-11-19-24-18(14-27-3)25-26(19)13-16/h5-9,15-16H,4,10-14H2,1-3H3,(H2,21,22,23). The van der Waals surface area contributed by atoms with E-state index in [-0.39, 0.29) is 12.1 Å². The number of aliphatic imine (C=N–C) groups is 1. The fourth-order valence-electron chi connectivity index (χ4n) is 3.17. The van der Waals surface area contributed by atoms with Crippen molar-refractivity contribution in [3.05, 3.63) is 42.0 Å². The fourth-order valence-corrected chi connectivity index (χ4v) is 3.17. The predicted molar refractivity (Wildman–Crippen MR) is 108 cm³/mol. The summed E-state index contributed by atoms with van der Waals surface area (Å²) in [7, 11) is 1.66. The van der Waals surface area contributed by atoms with Gasteiger partial charge in [-0.2, -0.15) is 5.10 Å². The molecule has 0 saturated carbocycles. The minimum atomic E-state index is -0.0114. The van der Waals surface area contributed by atoms with Gasteiger partial charge in [0.2, 0.25) is 0 Å². The van der Waals surface area contributed by atoms with Gasteiger partial charge in [0.05, 0.1) is 13.1 Å². The summed E-state index contributed by atoms with van der Waals surface area (Å²) >= 11 is 0. The number of benzene rings is 1. The Kier molecular flexibility index (Phi) is 7.25. The largest absolute Gasteiger partial charge is 0.489 e. The molecule has 2 atom stereocenters. The Balaban J connectivity index is 1.55. The zero-order valence-corrected chi connectivity index (χ0v) is 16.9.